The molecule has 0 aliphatic carbocycles. The summed E-state index contributed by atoms with van der Waals surface area (Å²) in [7, 11) is -27.0. The Labute approximate surface area is 718 Å². The average molecular weight is 1950 g/mol. The molecule has 736 valence electrons. The SMILES string of the molecule is O=S(=O)(O)CCCCOC[C@H]1O[C@@H]2O[C@H]3[C@H](O)[C@@H](O)[C@@H](O[C@H]4[C@H](O)[C@@H](O)[C@@H](O[C@H]5[C@H](O)[C@@H](O)[C@@H](O[C@H]6[C@H](O)[C@@H](O)[C@@H](O[C@H]7[C@H](O)[C@@H](O)[C@@H](O[C@H]8[C@H](O)[C@@H](O)[C@@H](O[C@H]1[C@H](O)[C@H]2O)O[C@@H]8CO)O[C@@H]7COCCCCS(=O)(=O)O)O[C@@H]6COCCCCS(=O)(=O)O)O[C@@H]5COCCCCS(=O)(=O)O)O[C@@H]4COCCCCS(=O)(=O)O)O[C@@H]3COCCCCS(=O)(=O)O. The predicted molar refractivity (Wildman–Crippen MR) is 405 cm³/mol. The minimum Gasteiger partial charge on any atom is -0.394 e. The molecule has 0 aromatic rings. The zero-order valence-corrected chi connectivity index (χ0v) is 71.9. The molecule has 125 heavy (non-hydrogen) atoms. The summed E-state index contributed by atoms with van der Waals surface area (Å²) in [5, 5.41) is 181. The first-order valence-electron chi connectivity index (χ1n) is 40.0. The molecule has 21 fully saturated rings. The molecule has 59 heteroatoms. The number of rotatable bonds is 43. The van der Waals surface area contributed by atoms with E-state index < -0.39 is 356 Å². The number of ether oxygens (including phenoxy) is 20. The van der Waals surface area contributed by atoms with Gasteiger partial charge in [-0.15, -0.1) is 0 Å². The molecule has 0 saturated carbocycles. The molecule has 0 aromatic carbocycles. The van der Waals surface area contributed by atoms with Gasteiger partial charge in [-0.25, -0.2) is 0 Å². The first kappa shape index (κ1) is 108. The third-order valence-corrected chi connectivity index (χ3v) is 25.9. The Morgan fingerprint density at radius 2 is 0.312 bits per heavy atom. The van der Waals surface area contributed by atoms with Crippen molar-refractivity contribution >= 4 is 60.7 Å². The van der Waals surface area contributed by atoms with Crippen molar-refractivity contribution in [2.45, 2.75) is 292 Å². The second-order valence-electron chi connectivity index (χ2n) is 31.0. The molecule has 21 aliphatic heterocycles. The van der Waals surface area contributed by atoms with Crippen molar-refractivity contribution in [2.75, 3.05) is 120 Å². The average Bonchev–Trinajstić information content (AvgIpc) is 0.848. The quantitative estimate of drug-likeness (QED) is 0.0199. The van der Waals surface area contributed by atoms with Crippen molar-refractivity contribution in [3.05, 3.63) is 0 Å². The molecule has 0 spiro atoms. The molecule has 0 unspecified atom stereocenters. The van der Waals surface area contributed by atoms with Crippen LogP contribution in [0.15, 0.2) is 0 Å². The molecular formula is C66H118O53S6. The van der Waals surface area contributed by atoms with E-state index in [1.807, 2.05) is 0 Å². The van der Waals surface area contributed by atoms with E-state index in [4.69, 9.17) is 94.7 Å². The highest BCUT2D eigenvalue weighted by atomic mass is 32.2. The van der Waals surface area contributed by atoms with E-state index >= 15 is 0 Å². The second kappa shape index (κ2) is 49.5. The van der Waals surface area contributed by atoms with Crippen molar-refractivity contribution in [2.24, 2.45) is 0 Å². The van der Waals surface area contributed by atoms with E-state index in [0.717, 1.165) is 0 Å². The first-order valence-corrected chi connectivity index (χ1v) is 49.7. The van der Waals surface area contributed by atoms with Crippen LogP contribution in [0.2, 0.25) is 0 Å². The van der Waals surface area contributed by atoms with E-state index in [1.165, 1.54) is 0 Å². The zero-order valence-electron chi connectivity index (χ0n) is 67.0. The van der Waals surface area contributed by atoms with Crippen LogP contribution in [0.1, 0.15) is 77.0 Å². The van der Waals surface area contributed by atoms with Crippen LogP contribution < -0.4 is 0 Å². The number of hydrogen-bond acceptors (Lipinski definition) is 47. The monoisotopic (exact) mass is 1950 g/mol. The third-order valence-electron chi connectivity index (χ3n) is 21.0. The summed E-state index contributed by atoms with van der Waals surface area (Å²) in [6, 6.07) is 0. The van der Waals surface area contributed by atoms with Gasteiger partial charge in [0.2, 0.25) is 0 Å². The lowest BCUT2D eigenvalue weighted by atomic mass is 9.95. The third kappa shape index (κ3) is 33.8. The van der Waals surface area contributed by atoms with Crippen molar-refractivity contribution < 1.29 is 249 Å². The number of aliphatic hydroxyl groups is 15. The largest absolute Gasteiger partial charge is 0.394 e. The Kier molecular flexibility index (Phi) is 42.9. The van der Waals surface area contributed by atoms with Crippen LogP contribution in [-0.4, -0.2) is 490 Å². The Morgan fingerprint density at radius 3 is 0.440 bits per heavy atom. The Morgan fingerprint density at radius 1 is 0.184 bits per heavy atom. The van der Waals surface area contributed by atoms with Gasteiger partial charge in [-0.3, -0.25) is 27.3 Å². The minimum atomic E-state index is -4.50. The van der Waals surface area contributed by atoms with Gasteiger partial charge in [0.1, 0.15) is 171 Å². The molecule has 0 amide bonds. The minimum absolute atomic E-state index is 0.0913. The summed E-state index contributed by atoms with van der Waals surface area (Å²) in [6.45, 7) is -8.05. The highest BCUT2D eigenvalue weighted by Crippen LogP contribution is 2.40. The topological polar surface area (TPSA) is 814 Å². The highest BCUT2D eigenvalue weighted by Gasteiger charge is 2.60. The van der Waals surface area contributed by atoms with Gasteiger partial charge >= 0.3 is 0 Å². The van der Waals surface area contributed by atoms with E-state index in [2.05, 4.69) is 0 Å². The van der Waals surface area contributed by atoms with E-state index in [1.54, 1.807) is 0 Å². The van der Waals surface area contributed by atoms with Crippen molar-refractivity contribution in [1.29, 1.82) is 0 Å². The summed E-state index contributed by atoms with van der Waals surface area (Å²) < 4.78 is 316. The van der Waals surface area contributed by atoms with E-state index in [-0.39, 0.29) is 117 Å². The van der Waals surface area contributed by atoms with Crippen LogP contribution in [0.25, 0.3) is 0 Å². The molecule has 21 heterocycles. The van der Waals surface area contributed by atoms with Gasteiger partial charge in [0.15, 0.2) is 44.0 Å². The van der Waals surface area contributed by atoms with E-state index in [9.17, 15) is 154 Å². The molecule has 53 nitrogen and oxygen atoms in total. The molecule has 21 rings (SSSR count). The van der Waals surface area contributed by atoms with Gasteiger partial charge < -0.3 is 171 Å². The number of hydrogen-bond donors (Lipinski definition) is 21. The molecule has 21 aliphatic rings. The second-order valence-corrected chi connectivity index (χ2v) is 40.4. The van der Waals surface area contributed by atoms with Gasteiger partial charge in [0, 0.05) is 39.6 Å². The Bertz CT molecular complexity index is 3750. The smallest absolute Gasteiger partial charge is 0.264 e. The van der Waals surface area contributed by atoms with Crippen LogP contribution in [0.5, 0.6) is 0 Å². The van der Waals surface area contributed by atoms with Crippen LogP contribution in [0.4, 0.5) is 0 Å². The summed E-state index contributed by atoms with van der Waals surface area (Å²) in [6.07, 6.45) is -78.4. The van der Waals surface area contributed by atoms with Crippen LogP contribution in [0, 0.1) is 0 Å². The fourth-order valence-corrected chi connectivity index (χ4v) is 17.9. The first-order chi connectivity index (χ1) is 58.5. The predicted octanol–water partition coefficient (Wildman–Crippen LogP) is -11.1. The molecule has 35 atom stereocenters. The van der Waals surface area contributed by atoms with Crippen molar-refractivity contribution in [3.63, 3.8) is 0 Å². The molecule has 14 bridgehead atoms. The van der Waals surface area contributed by atoms with Gasteiger partial charge in [-0.1, -0.05) is 0 Å². The lowest BCUT2D eigenvalue weighted by Crippen LogP contribution is -2.68. The maximum atomic E-state index is 12.3. The maximum Gasteiger partial charge on any atom is 0.264 e. The highest BCUT2D eigenvalue weighted by molar-refractivity contribution is 7.86. The van der Waals surface area contributed by atoms with Crippen molar-refractivity contribution in [3.8, 4) is 0 Å². The Hall–Kier alpha value is -1.94. The summed E-state index contributed by atoms with van der Waals surface area (Å²) >= 11 is 0. The molecule has 0 aromatic heterocycles. The Balaban J connectivity index is 1.21. The molecule has 21 N–H and O–H groups in total. The number of aliphatic hydroxyl groups excluding tert-OH is 15. The molecule has 0 radical (unpaired) electrons. The lowest BCUT2D eigenvalue weighted by molar-refractivity contribution is -0.397. The summed E-state index contributed by atoms with van der Waals surface area (Å²) in [5.74, 6) is -4.43. The normalized spacial score (nSPS) is 39.5. The summed E-state index contributed by atoms with van der Waals surface area (Å²) in [4.78, 5) is 0. The number of unbranched alkanes of at least 4 members (excludes halogenated alkanes) is 6. The van der Waals surface area contributed by atoms with E-state index in [0.29, 0.717) is 0 Å². The fraction of sp³-hybridized carbons (Fsp3) is 1.00. The van der Waals surface area contributed by atoms with Crippen LogP contribution >= 0.6 is 0 Å². The van der Waals surface area contributed by atoms with Gasteiger partial charge in [-0.05, 0) is 77.0 Å². The standard InChI is InChI=1S/C66H118O53S6/c67-25-32-53-39(68)46(75)60(106-32)114-54-33(26-100-13-1-7-19-120(82,83)84)108-62(48(77)41(54)70)116-56-35(28-102-15-3-9-21-122(88,89)90)110-64(50(79)43(56)72)118-58-37(30-104-17-5-11-23-124(94,95)96)112-66(52(81)45(58)74)119-59-38(31-105-18-6-12-24-125(97,98)99)111-65(51(80)44(59)73)117-57-36(29-103-16-4-10-22-123(91,92)93)109-63(49(78)42(57)71)115-55-34(107-61(113-53)47(76)40(55)69)27-101-14-2-8-20-121(85,86)87/h32-81H,1-31H2,(H,82,83,84)(H,85,86,87)(H,88,89,90)(H,91,92,93)(H,94,95,96)(H,97,98,99)/t32-,33-,34-,35-,36-,37-,38-,39-,40-,41-,42-,43-,44-,45-,46-,47-,48-,49-,50-,51-,52-,53-,54-,55-,56-,57-,58-,59-,60-,61-,62-,63-,64-,65-,66-/m1/s1. The van der Waals surface area contributed by atoms with Crippen LogP contribution in [0.3, 0.4) is 0 Å². The fourth-order valence-electron chi connectivity index (χ4n) is 14.5. The van der Waals surface area contributed by atoms with Crippen LogP contribution in [-0.2, 0) is 155 Å². The van der Waals surface area contributed by atoms with Gasteiger partial charge in [0.05, 0.1) is 80.8 Å². The maximum absolute atomic E-state index is 12.3. The van der Waals surface area contributed by atoms with Gasteiger partial charge in [0.25, 0.3) is 60.7 Å². The zero-order chi connectivity index (χ0) is 92.3. The summed E-state index contributed by atoms with van der Waals surface area (Å²) in [5.41, 5.74) is 0. The van der Waals surface area contributed by atoms with Gasteiger partial charge in [-0.2, -0.15) is 50.5 Å². The lowest BCUT2D eigenvalue weighted by Gasteiger charge is -2.50. The molecule has 21 saturated heterocycles. The molecular weight excluding hydrogens is 1830 g/mol. The van der Waals surface area contributed by atoms with Crippen molar-refractivity contribution in [1.82, 2.24) is 0 Å².